The average Bonchev–Trinajstić information content (AvgIpc) is 2.88. The molecule has 140 valence electrons. The van der Waals surface area contributed by atoms with Crippen LogP contribution in [-0.4, -0.2) is 29.0 Å². The highest BCUT2D eigenvalue weighted by Gasteiger charge is 2.26. The van der Waals surface area contributed by atoms with Crippen LogP contribution in [0, 0.1) is 17.0 Å². The summed E-state index contributed by atoms with van der Waals surface area (Å²) in [6.45, 7) is 7.20. The molecule has 0 bridgehead atoms. The molecule has 0 unspecified atom stereocenters. The number of nitro groups is 1. The molecular weight excluding hydrogens is 360 g/mol. The maximum absolute atomic E-state index is 12.5. The smallest absolute Gasteiger partial charge is 0.266 e. The van der Waals surface area contributed by atoms with Crippen molar-refractivity contribution in [1.82, 2.24) is 14.5 Å². The average molecular weight is 380 g/mol. The number of rotatable bonds is 4. The van der Waals surface area contributed by atoms with Crippen LogP contribution in [0.3, 0.4) is 0 Å². The molecule has 10 heteroatoms. The second kappa shape index (κ2) is 6.52. The fraction of sp³-hybridized carbons (Fsp3) is 0.375. The zero-order valence-corrected chi connectivity index (χ0v) is 15.9. The molecule has 1 amide bonds. The minimum Gasteiger partial charge on any atom is -0.266 e. The van der Waals surface area contributed by atoms with Crippen molar-refractivity contribution in [2.75, 3.05) is 0 Å². The number of hydrogen-bond acceptors (Lipinski definition) is 6. The van der Waals surface area contributed by atoms with Crippen molar-refractivity contribution < 1.29 is 18.1 Å². The molecule has 1 N–H and O–H groups in total. The van der Waals surface area contributed by atoms with E-state index in [2.05, 4.69) is 5.10 Å². The predicted molar refractivity (Wildman–Crippen MR) is 94.4 cm³/mol. The number of sulfonamides is 1. The lowest BCUT2D eigenvalue weighted by Crippen LogP contribution is -2.32. The summed E-state index contributed by atoms with van der Waals surface area (Å²) >= 11 is 0. The highest BCUT2D eigenvalue weighted by atomic mass is 32.2. The Morgan fingerprint density at radius 1 is 1.27 bits per heavy atom. The third-order valence-electron chi connectivity index (χ3n) is 3.77. The fourth-order valence-corrected chi connectivity index (χ4v) is 3.51. The van der Waals surface area contributed by atoms with E-state index in [-0.39, 0.29) is 27.3 Å². The summed E-state index contributed by atoms with van der Waals surface area (Å²) in [7, 11) is -2.64. The van der Waals surface area contributed by atoms with Gasteiger partial charge in [-0.05, 0) is 24.6 Å². The number of aromatic nitrogens is 2. The predicted octanol–water partition coefficient (Wildman–Crippen LogP) is 2.05. The molecule has 2 rings (SSSR count). The Morgan fingerprint density at radius 2 is 1.88 bits per heavy atom. The molecule has 9 nitrogen and oxygen atoms in total. The first-order chi connectivity index (χ1) is 11.8. The van der Waals surface area contributed by atoms with Crippen LogP contribution in [0.1, 0.15) is 42.5 Å². The molecule has 26 heavy (non-hydrogen) atoms. The van der Waals surface area contributed by atoms with Crippen LogP contribution >= 0.6 is 0 Å². The molecule has 0 radical (unpaired) electrons. The van der Waals surface area contributed by atoms with Gasteiger partial charge in [0.25, 0.3) is 21.6 Å². The lowest BCUT2D eigenvalue weighted by molar-refractivity contribution is -0.385. The van der Waals surface area contributed by atoms with Crippen molar-refractivity contribution in [3.63, 3.8) is 0 Å². The van der Waals surface area contributed by atoms with Crippen LogP contribution < -0.4 is 4.72 Å². The van der Waals surface area contributed by atoms with Gasteiger partial charge in [0.2, 0.25) is 0 Å². The summed E-state index contributed by atoms with van der Waals surface area (Å²) < 4.78 is 28.3. The molecule has 1 aromatic carbocycles. The van der Waals surface area contributed by atoms with Gasteiger partial charge in [0.1, 0.15) is 5.69 Å². The van der Waals surface area contributed by atoms with Crippen LogP contribution in [0.4, 0.5) is 5.69 Å². The number of nitrogens with one attached hydrogen (secondary N) is 1. The summed E-state index contributed by atoms with van der Waals surface area (Å²) in [5, 5.41) is 15.0. The van der Waals surface area contributed by atoms with Crippen molar-refractivity contribution >= 4 is 21.6 Å². The Morgan fingerprint density at radius 3 is 2.35 bits per heavy atom. The molecule has 0 aliphatic heterocycles. The van der Waals surface area contributed by atoms with Crippen LogP contribution in [0.2, 0.25) is 0 Å². The second-order valence-corrected chi connectivity index (χ2v) is 8.58. The van der Waals surface area contributed by atoms with Crippen molar-refractivity contribution in [3.05, 3.63) is 51.3 Å². The van der Waals surface area contributed by atoms with Crippen molar-refractivity contribution in [2.45, 2.75) is 38.0 Å². The third-order valence-corrected chi connectivity index (χ3v) is 5.26. The normalized spacial score (nSPS) is 12.0. The van der Waals surface area contributed by atoms with E-state index < -0.39 is 20.9 Å². The van der Waals surface area contributed by atoms with Crippen LogP contribution in [-0.2, 0) is 22.5 Å². The van der Waals surface area contributed by atoms with Gasteiger partial charge < -0.3 is 0 Å². The van der Waals surface area contributed by atoms with Gasteiger partial charge in [-0.1, -0.05) is 20.8 Å². The zero-order valence-electron chi connectivity index (χ0n) is 15.1. The summed E-state index contributed by atoms with van der Waals surface area (Å²) in [5.41, 5.74) is 0.380. The van der Waals surface area contributed by atoms with Gasteiger partial charge >= 0.3 is 0 Å². The SMILES string of the molecule is Cc1cc([N+](=O)[O-])ccc1S(=O)(=O)NC(=O)c1cc(C(C)(C)C)nn1C. The first-order valence-corrected chi connectivity index (χ1v) is 9.18. The highest BCUT2D eigenvalue weighted by molar-refractivity contribution is 7.90. The number of amides is 1. The Hall–Kier alpha value is -2.75. The number of non-ortho nitro benzene ring substituents is 1. The van der Waals surface area contributed by atoms with Gasteiger partial charge in [-0.15, -0.1) is 0 Å². The van der Waals surface area contributed by atoms with Gasteiger partial charge in [0.15, 0.2) is 0 Å². The fourth-order valence-electron chi connectivity index (χ4n) is 2.32. The summed E-state index contributed by atoms with van der Waals surface area (Å²) in [4.78, 5) is 22.4. The number of hydrogen-bond donors (Lipinski definition) is 1. The molecule has 0 spiro atoms. The number of nitro benzene ring substituents is 1. The maximum atomic E-state index is 12.5. The summed E-state index contributed by atoms with van der Waals surface area (Å²) in [6, 6.07) is 4.86. The van der Waals surface area contributed by atoms with Crippen molar-refractivity contribution in [2.24, 2.45) is 7.05 Å². The monoisotopic (exact) mass is 380 g/mol. The van der Waals surface area contributed by atoms with Gasteiger partial charge in [-0.3, -0.25) is 19.6 Å². The van der Waals surface area contributed by atoms with Gasteiger partial charge in [0.05, 0.1) is 15.5 Å². The van der Waals surface area contributed by atoms with Crippen molar-refractivity contribution in [3.8, 4) is 0 Å². The molecule has 0 saturated heterocycles. The molecule has 1 aromatic heterocycles. The summed E-state index contributed by atoms with van der Waals surface area (Å²) in [6.07, 6.45) is 0. The molecule has 0 aliphatic rings. The lowest BCUT2D eigenvalue weighted by Gasteiger charge is -2.13. The number of carbonyl (C=O) groups is 1. The Bertz CT molecular complexity index is 987. The maximum Gasteiger partial charge on any atom is 0.283 e. The van der Waals surface area contributed by atoms with E-state index in [0.717, 1.165) is 18.2 Å². The van der Waals surface area contributed by atoms with Crippen LogP contribution in [0.25, 0.3) is 0 Å². The molecule has 1 heterocycles. The second-order valence-electron chi connectivity index (χ2n) is 6.93. The first kappa shape index (κ1) is 19.6. The minimum absolute atomic E-state index is 0.0954. The van der Waals surface area contributed by atoms with Gasteiger partial charge in [-0.2, -0.15) is 5.10 Å². The van der Waals surface area contributed by atoms with E-state index in [1.807, 2.05) is 25.5 Å². The van der Waals surface area contributed by atoms with E-state index in [9.17, 15) is 23.3 Å². The van der Waals surface area contributed by atoms with Crippen molar-refractivity contribution in [1.29, 1.82) is 0 Å². The third kappa shape index (κ3) is 3.90. The zero-order chi connectivity index (χ0) is 19.9. The molecule has 2 aromatic rings. The highest BCUT2D eigenvalue weighted by Crippen LogP contribution is 2.23. The van der Waals surface area contributed by atoms with E-state index in [0.29, 0.717) is 5.69 Å². The summed E-state index contributed by atoms with van der Waals surface area (Å²) in [5.74, 6) is -0.826. The largest absolute Gasteiger partial charge is 0.283 e. The van der Waals surface area contributed by atoms with Crippen LogP contribution in [0.5, 0.6) is 0 Å². The lowest BCUT2D eigenvalue weighted by atomic mass is 9.92. The van der Waals surface area contributed by atoms with E-state index in [4.69, 9.17) is 0 Å². The molecule has 0 fully saturated rings. The molecular formula is C16H20N4O5S. The Labute approximate surface area is 151 Å². The van der Waals surface area contributed by atoms with E-state index in [1.54, 1.807) is 7.05 Å². The molecule has 0 atom stereocenters. The van der Waals surface area contributed by atoms with Gasteiger partial charge in [-0.25, -0.2) is 13.1 Å². The van der Waals surface area contributed by atoms with Crippen LogP contribution in [0.15, 0.2) is 29.2 Å². The molecule has 0 saturated carbocycles. The first-order valence-electron chi connectivity index (χ1n) is 7.69. The molecule has 0 aliphatic carbocycles. The standard InChI is InChI=1S/C16H20N4O5S/c1-10-8-11(20(22)23)6-7-13(10)26(24,25)18-15(21)12-9-14(16(2,3)4)17-19(12)5/h6-9H,1-5H3,(H,18,21). The number of benzene rings is 1. The Balaban J connectivity index is 2.34. The van der Waals surface area contributed by atoms with E-state index in [1.165, 1.54) is 17.7 Å². The number of nitrogens with zero attached hydrogens (tertiary/aromatic N) is 3. The number of carbonyl (C=O) groups excluding carboxylic acids is 1. The topological polar surface area (TPSA) is 124 Å². The Kier molecular flexibility index (Phi) is 4.91. The van der Waals surface area contributed by atoms with Gasteiger partial charge in [0, 0.05) is 24.6 Å². The number of aryl methyl sites for hydroxylation is 2. The quantitative estimate of drug-likeness (QED) is 0.639. The van der Waals surface area contributed by atoms with E-state index >= 15 is 0 Å². The minimum atomic E-state index is -4.19.